The summed E-state index contributed by atoms with van der Waals surface area (Å²) in [6, 6.07) is 7.73. The van der Waals surface area contributed by atoms with Gasteiger partial charge in [0.15, 0.2) is 0 Å². The molecule has 0 aromatic heterocycles. The summed E-state index contributed by atoms with van der Waals surface area (Å²) < 4.78 is 12.1. The zero-order valence-electron chi connectivity index (χ0n) is 14.6. The summed E-state index contributed by atoms with van der Waals surface area (Å²) >= 11 is 6.17. The van der Waals surface area contributed by atoms with E-state index in [1.54, 1.807) is 0 Å². The molecule has 3 fully saturated rings. The number of ether oxygens (including phenoxy) is 2. The average Bonchev–Trinajstić information content (AvgIpc) is 3.41. The van der Waals surface area contributed by atoms with Gasteiger partial charge in [0.25, 0.3) is 0 Å². The summed E-state index contributed by atoms with van der Waals surface area (Å²) in [5.41, 5.74) is 0.877. The van der Waals surface area contributed by atoms with Gasteiger partial charge in [0.2, 0.25) is 5.91 Å². The molecule has 1 saturated carbocycles. The van der Waals surface area contributed by atoms with Gasteiger partial charge < -0.3 is 14.4 Å². The Morgan fingerprint density at radius 2 is 2.08 bits per heavy atom. The van der Waals surface area contributed by atoms with Gasteiger partial charge in [-0.15, -0.1) is 0 Å². The van der Waals surface area contributed by atoms with Crippen molar-refractivity contribution in [3.05, 3.63) is 34.9 Å². The third-order valence-electron chi connectivity index (χ3n) is 5.59. The SMILES string of the molecule is O=C(CCc1ccccc1Cl)N1CC2(CC(OCC3CC3)CCO2)C1. The molecule has 5 heteroatoms. The molecule has 1 atom stereocenters. The van der Waals surface area contributed by atoms with Crippen LogP contribution >= 0.6 is 11.6 Å². The predicted molar refractivity (Wildman–Crippen MR) is 96.7 cm³/mol. The molecule has 1 aromatic rings. The lowest BCUT2D eigenvalue weighted by Gasteiger charge is -2.53. The van der Waals surface area contributed by atoms with Gasteiger partial charge in [0.1, 0.15) is 5.60 Å². The maximum atomic E-state index is 12.4. The normalized spacial score (nSPS) is 25.0. The quantitative estimate of drug-likeness (QED) is 0.777. The maximum absolute atomic E-state index is 12.4. The van der Waals surface area contributed by atoms with Crippen molar-refractivity contribution in [3.8, 4) is 0 Å². The molecule has 4 rings (SSSR count). The van der Waals surface area contributed by atoms with Crippen molar-refractivity contribution in [2.45, 2.75) is 50.2 Å². The lowest BCUT2D eigenvalue weighted by atomic mass is 9.84. The van der Waals surface area contributed by atoms with Crippen LogP contribution in [0.15, 0.2) is 24.3 Å². The van der Waals surface area contributed by atoms with Gasteiger partial charge >= 0.3 is 0 Å². The number of hydrogen-bond acceptors (Lipinski definition) is 3. The second kappa shape index (κ2) is 7.26. The minimum Gasteiger partial charge on any atom is -0.378 e. The third-order valence-corrected chi connectivity index (χ3v) is 5.96. The second-order valence-electron chi connectivity index (χ2n) is 7.76. The second-order valence-corrected chi connectivity index (χ2v) is 8.17. The van der Waals surface area contributed by atoms with Gasteiger partial charge in [-0.3, -0.25) is 4.79 Å². The van der Waals surface area contributed by atoms with Gasteiger partial charge in [-0.2, -0.15) is 0 Å². The molecule has 136 valence electrons. The van der Waals surface area contributed by atoms with E-state index in [-0.39, 0.29) is 11.5 Å². The number of likely N-dealkylation sites (tertiary alicyclic amines) is 1. The van der Waals surface area contributed by atoms with Crippen LogP contribution in [0.2, 0.25) is 5.02 Å². The number of halogens is 1. The van der Waals surface area contributed by atoms with Crippen LogP contribution in [0.4, 0.5) is 0 Å². The van der Waals surface area contributed by atoms with Crippen molar-refractivity contribution in [1.82, 2.24) is 4.90 Å². The van der Waals surface area contributed by atoms with E-state index in [2.05, 4.69) is 0 Å². The van der Waals surface area contributed by atoms with Crippen LogP contribution in [0.5, 0.6) is 0 Å². The smallest absolute Gasteiger partial charge is 0.223 e. The topological polar surface area (TPSA) is 38.8 Å². The molecule has 2 saturated heterocycles. The summed E-state index contributed by atoms with van der Waals surface area (Å²) in [4.78, 5) is 14.4. The Labute approximate surface area is 154 Å². The molecule has 0 radical (unpaired) electrons. The Balaban J connectivity index is 1.23. The predicted octanol–water partition coefficient (Wildman–Crippen LogP) is 3.46. The van der Waals surface area contributed by atoms with Gasteiger partial charge in [0, 0.05) is 31.1 Å². The van der Waals surface area contributed by atoms with E-state index in [1.807, 2.05) is 29.2 Å². The van der Waals surface area contributed by atoms with Crippen LogP contribution < -0.4 is 0 Å². The Kier molecular flexibility index (Phi) is 5.03. The van der Waals surface area contributed by atoms with E-state index in [9.17, 15) is 4.79 Å². The van der Waals surface area contributed by atoms with E-state index >= 15 is 0 Å². The number of benzene rings is 1. The van der Waals surface area contributed by atoms with Gasteiger partial charge in [-0.25, -0.2) is 0 Å². The number of carbonyl (C=O) groups excluding carboxylic acids is 1. The summed E-state index contributed by atoms with van der Waals surface area (Å²) in [6.45, 7) is 3.06. The molecule has 2 aliphatic heterocycles. The highest BCUT2D eigenvalue weighted by atomic mass is 35.5. The Morgan fingerprint density at radius 3 is 2.84 bits per heavy atom. The van der Waals surface area contributed by atoms with E-state index in [4.69, 9.17) is 21.1 Å². The average molecular weight is 364 g/mol. The van der Waals surface area contributed by atoms with Crippen LogP contribution in [0.1, 0.15) is 37.7 Å². The molecule has 2 heterocycles. The van der Waals surface area contributed by atoms with Crippen molar-refractivity contribution < 1.29 is 14.3 Å². The van der Waals surface area contributed by atoms with Crippen molar-refractivity contribution in [1.29, 1.82) is 0 Å². The molecule has 1 aromatic carbocycles. The Hall–Kier alpha value is -1.10. The number of rotatable bonds is 6. The van der Waals surface area contributed by atoms with E-state index < -0.39 is 0 Å². The summed E-state index contributed by atoms with van der Waals surface area (Å²) in [7, 11) is 0. The van der Waals surface area contributed by atoms with Crippen molar-refractivity contribution in [2.75, 3.05) is 26.3 Å². The summed E-state index contributed by atoms with van der Waals surface area (Å²) in [5.74, 6) is 0.984. The molecule has 0 N–H and O–H groups in total. The minimum atomic E-state index is -0.160. The molecule has 3 aliphatic rings. The number of aryl methyl sites for hydroxylation is 1. The minimum absolute atomic E-state index is 0.160. The monoisotopic (exact) mass is 363 g/mol. The van der Waals surface area contributed by atoms with E-state index in [1.165, 1.54) is 12.8 Å². The fourth-order valence-electron chi connectivity index (χ4n) is 3.83. The van der Waals surface area contributed by atoms with Crippen LogP contribution in [0.25, 0.3) is 0 Å². The Morgan fingerprint density at radius 1 is 1.28 bits per heavy atom. The molecule has 1 spiro atoms. The standard InChI is InChI=1S/C20H26ClNO3/c21-18-4-2-1-3-16(18)7-8-19(23)22-13-20(14-22)11-17(9-10-25-20)24-12-15-5-6-15/h1-4,15,17H,5-14H2. The zero-order chi connectivity index (χ0) is 17.3. The first-order valence-electron chi connectivity index (χ1n) is 9.40. The molecule has 1 aliphatic carbocycles. The van der Waals surface area contributed by atoms with Gasteiger partial charge in [-0.05, 0) is 43.2 Å². The molecule has 25 heavy (non-hydrogen) atoms. The first-order valence-corrected chi connectivity index (χ1v) is 9.78. The highest BCUT2D eigenvalue weighted by molar-refractivity contribution is 6.31. The fourth-order valence-corrected chi connectivity index (χ4v) is 4.06. The number of carbonyl (C=O) groups is 1. The lowest BCUT2D eigenvalue weighted by molar-refractivity contribution is -0.201. The largest absolute Gasteiger partial charge is 0.378 e. The number of nitrogens with zero attached hydrogens (tertiary/aromatic N) is 1. The highest BCUT2D eigenvalue weighted by Gasteiger charge is 2.49. The van der Waals surface area contributed by atoms with E-state index in [0.29, 0.717) is 32.0 Å². The van der Waals surface area contributed by atoms with Crippen molar-refractivity contribution >= 4 is 17.5 Å². The van der Waals surface area contributed by atoms with Gasteiger partial charge in [-0.1, -0.05) is 29.8 Å². The summed E-state index contributed by atoms with van der Waals surface area (Å²) in [6.07, 6.45) is 6.04. The lowest BCUT2D eigenvalue weighted by Crippen LogP contribution is -2.67. The maximum Gasteiger partial charge on any atom is 0.223 e. The van der Waals surface area contributed by atoms with Crippen LogP contribution in [-0.2, 0) is 20.7 Å². The van der Waals surface area contributed by atoms with Crippen LogP contribution in [-0.4, -0.2) is 48.8 Å². The molecule has 1 unspecified atom stereocenters. The Bertz CT molecular complexity index is 625. The highest BCUT2D eigenvalue weighted by Crippen LogP contribution is 2.37. The van der Waals surface area contributed by atoms with Crippen LogP contribution in [0, 0.1) is 5.92 Å². The zero-order valence-corrected chi connectivity index (χ0v) is 15.3. The first kappa shape index (κ1) is 17.3. The van der Waals surface area contributed by atoms with E-state index in [0.717, 1.165) is 42.6 Å². The van der Waals surface area contributed by atoms with Gasteiger partial charge in [0.05, 0.1) is 19.2 Å². The number of hydrogen-bond donors (Lipinski definition) is 0. The fraction of sp³-hybridized carbons (Fsp3) is 0.650. The molecule has 0 bridgehead atoms. The first-order chi connectivity index (χ1) is 12.1. The summed E-state index contributed by atoms with van der Waals surface area (Å²) in [5, 5.41) is 0.738. The van der Waals surface area contributed by atoms with Crippen molar-refractivity contribution in [2.24, 2.45) is 5.92 Å². The molecule has 4 nitrogen and oxygen atoms in total. The van der Waals surface area contributed by atoms with Crippen molar-refractivity contribution in [3.63, 3.8) is 0 Å². The third kappa shape index (κ3) is 4.18. The molecule has 1 amide bonds. The van der Waals surface area contributed by atoms with Crippen LogP contribution in [0.3, 0.4) is 0 Å². The molecular weight excluding hydrogens is 338 g/mol. The molecular formula is C20H26ClNO3. The number of amides is 1.